The Labute approximate surface area is 99.1 Å². The van der Waals surface area contributed by atoms with Gasteiger partial charge in [-0.3, -0.25) is 4.40 Å². The number of hydrogen-bond acceptors (Lipinski definition) is 2. The maximum absolute atomic E-state index is 5.91. The van der Waals surface area contributed by atoms with E-state index in [1.807, 2.05) is 28.8 Å². The Kier molecular flexibility index (Phi) is 5.23. The fraction of sp³-hybridized carbons (Fsp3) is 0.125. The van der Waals surface area contributed by atoms with Crippen LogP contribution in [0.5, 0.6) is 0 Å². The molecule has 2 heterocycles. The van der Waals surface area contributed by atoms with Gasteiger partial charge in [0.05, 0.1) is 5.69 Å². The summed E-state index contributed by atoms with van der Waals surface area (Å²) >= 11 is 5.91. The highest BCUT2D eigenvalue weighted by Crippen LogP contribution is 2.12. The van der Waals surface area contributed by atoms with Crippen LogP contribution in [0, 0.1) is 0 Å². The molecule has 2 aromatic rings. The van der Waals surface area contributed by atoms with Crippen LogP contribution in [0.2, 0.25) is 5.15 Å². The van der Waals surface area contributed by atoms with Gasteiger partial charge in [0.15, 0.2) is 0 Å². The minimum atomic E-state index is 0. The zero-order valence-corrected chi connectivity index (χ0v) is 9.57. The summed E-state index contributed by atoms with van der Waals surface area (Å²) in [5, 5.41) is 0.653. The van der Waals surface area contributed by atoms with Gasteiger partial charge in [-0.15, -0.1) is 24.8 Å². The number of rotatable bonds is 1. The first kappa shape index (κ1) is 13.5. The molecule has 0 atom stereocenters. The summed E-state index contributed by atoms with van der Waals surface area (Å²) in [5.74, 6) is 0. The molecule has 0 saturated carbocycles. The molecule has 0 spiro atoms. The molecular weight excluding hydrogens is 244 g/mol. The zero-order valence-electron chi connectivity index (χ0n) is 7.18. The normalized spacial score (nSPS) is 9.29. The molecule has 3 nitrogen and oxygen atoms in total. The van der Waals surface area contributed by atoms with Crippen LogP contribution in [-0.4, -0.2) is 9.38 Å². The number of nitrogens with two attached hydrogens (primary N) is 1. The zero-order chi connectivity index (χ0) is 8.55. The molecule has 0 aliphatic rings. The van der Waals surface area contributed by atoms with Gasteiger partial charge >= 0.3 is 0 Å². The van der Waals surface area contributed by atoms with Crippen LogP contribution < -0.4 is 5.73 Å². The molecule has 2 aromatic heterocycles. The molecule has 6 heteroatoms. The molecule has 0 aromatic carbocycles. The van der Waals surface area contributed by atoms with Gasteiger partial charge in [0.25, 0.3) is 0 Å². The van der Waals surface area contributed by atoms with Crippen molar-refractivity contribution in [3.8, 4) is 0 Å². The highest BCUT2D eigenvalue weighted by atomic mass is 35.5. The number of fused-ring (bicyclic) bond motifs is 1. The van der Waals surface area contributed by atoms with Crippen LogP contribution in [0.25, 0.3) is 5.65 Å². The quantitative estimate of drug-likeness (QED) is 0.794. The van der Waals surface area contributed by atoms with E-state index in [2.05, 4.69) is 4.98 Å². The van der Waals surface area contributed by atoms with Gasteiger partial charge in [0.1, 0.15) is 10.8 Å². The molecule has 0 amide bonds. The van der Waals surface area contributed by atoms with Crippen molar-refractivity contribution in [1.82, 2.24) is 9.38 Å². The SMILES string of the molecule is Cl.Cl.NCc1cn2c(Cl)cccc2n1. The van der Waals surface area contributed by atoms with E-state index in [0.29, 0.717) is 11.7 Å². The molecule has 0 radical (unpaired) electrons. The summed E-state index contributed by atoms with van der Waals surface area (Å²) in [4.78, 5) is 4.25. The van der Waals surface area contributed by atoms with Crippen LogP contribution in [0.4, 0.5) is 0 Å². The van der Waals surface area contributed by atoms with E-state index >= 15 is 0 Å². The predicted molar refractivity (Wildman–Crippen MR) is 62.6 cm³/mol. The molecule has 14 heavy (non-hydrogen) atoms. The second kappa shape index (κ2) is 5.41. The van der Waals surface area contributed by atoms with E-state index in [4.69, 9.17) is 17.3 Å². The fourth-order valence-corrected chi connectivity index (χ4v) is 1.33. The molecule has 0 bridgehead atoms. The van der Waals surface area contributed by atoms with E-state index < -0.39 is 0 Å². The van der Waals surface area contributed by atoms with E-state index in [-0.39, 0.29) is 24.8 Å². The van der Waals surface area contributed by atoms with Gasteiger partial charge in [0.2, 0.25) is 0 Å². The van der Waals surface area contributed by atoms with Gasteiger partial charge in [0, 0.05) is 12.7 Å². The van der Waals surface area contributed by atoms with Gasteiger partial charge < -0.3 is 5.73 Å². The second-order valence-corrected chi connectivity index (χ2v) is 2.90. The molecule has 78 valence electrons. The van der Waals surface area contributed by atoms with Crippen LogP contribution in [0.3, 0.4) is 0 Å². The summed E-state index contributed by atoms with van der Waals surface area (Å²) in [7, 11) is 0. The topological polar surface area (TPSA) is 43.3 Å². The van der Waals surface area contributed by atoms with Crippen molar-refractivity contribution in [1.29, 1.82) is 0 Å². The first-order valence-electron chi connectivity index (χ1n) is 3.64. The number of halogens is 3. The van der Waals surface area contributed by atoms with Crippen molar-refractivity contribution in [2.24, 2.45) is 5.73 Å². The average molecular weight is 255 g/mol. The lowest BCUT2D eigenvalue weighted by atomic mass is 10.5. The van der Waals surface area contributed by atoms with Crippen molar-refractivity contribution in [3.05, 3.63) is 35.2 Å². The summed E-state index contributed by atoms with van der Waals surface area (Å²) < 4.78 is 1.81. The third kappa shape index (κ3) is 2.30. The van der Waals surface area contributed by atoms with Gasteiger partial charge in [-0.2, -0.15) is 0 Å². The van der Waals surface area contributed by atoms with Crippen molar-refractivity contribution in [3.63, 3.8) is 0 Å². The molecule has 2 rings (SSSR count). The maximum atomic E-state index is 5.91. The average Bonchev–Trinajstić information content (AvgIpc) is 2.49. The van der Waals surface area contributed by atoms with E-state index in [1.54, 1.807) is 0 Å². The van der Waals surface area contributed by atoms with Crippen LogP contribution >= 0.6 is 36.4 Å². The third-order valence-corrected chi connectivity index (χ3v) is 2.01. The molecule has 0 aliphatic carbocycles. The van der Waals surface area contributed by atoms with Gasteiger partial charge in [-0.25, -0.2) is 4.98 Å². The number of aromatic nitrogens is 2. The van der Waals surface area contributed by atoms with E-state index in [9.17, 15) is 0 Å². The molecular formula is C8H10Cl3N3. The fourth-order valence-electron chi connectivity index (χ4n) is 1.13. The van der Waals surface area contributed by atoms with Crippen molar-refractivity contribution in [2.45, 2.75) is 6.54 Å². The van der Waals surface area contributed by atoms with Crippen molar-refractivity contribution >= 4 is 42.1 Å². The van der Waals surface area contributed by atoms with Gasteiger partial charge in [-0.1, -0.05) is 17.7 Å². The minimum absolute atomic E-state index is 0. The Morgan fingerprint density at radius 2 is 2.07 bits per heavy atom. The lowest BCUT2D eigenvalue weighted by Crippen LogP contribution is -1.95. The minimum Gasteiger partial charge on any atom is -0.325 e. The number of pyridine rings is 1. The summed E-state index contributed by atoms with van der Waals surface area (Å²) in [5.41, 5.74) is 7.13. The molecule has 2 N–H and O–H groups in total. The Hall–Kier alpha value is -0.480. The monoisotopic (exact) mass is 253 g/mol. The van der Waals surface area contributed by atoms with Crippen LogP contribution in [0.15, 0.2) is 24.4 Å². The number of nitrogens with zero attached hydrogens (tertiary/aromatic N) is 2. The standard InChI is InChI=1S/C8H8ClN3.2ClH/c9-7-2-1-3-8-11-6(4-10)5-12(7)8;;/h1-3,5H,4,10H2;2*1H. The highest BCUT2D eigenvalue weighted by molar-refractivity contribution is 6.29. The largest absolute Gasteiger partial charge is 0.325 e. The van der Waals surface area contributed by atoms with E-state index in [0.717, 1.165) is 11.3 Å². The lowest BCUT2D eigenvalue weighted by Gasteiger charge is -1.93. The molecule has 0 saturated heterocycles. The molecule has 0 aliphatic heterocycles. The Balaban J connectivity index is 0.000000845. The Morgan fingerprint density at radius 3 is 2.64 bits per heavy atom. The van der Waals surface area contributed by atoms with Gasteiger partial charge in [-0.05, 0) is 12.1 Å². The Morgan fingerprint density at radius 1 is 1.36 bits per heavy atom. The first-order chi connectivity index (χ1) is 5.81. The van der Waals surface area contributed by atoms with Crippen LogP contribution in [-0.2, 0) is 6.54 Å². The van der Waals surface area contributed by atoms with E-state index in [1.165, 1.54) is 0 Å². The lowest BCUT2D eigenvalue weighted by molar-refractivity contribution is 1.02. The number of imidazole rings is 1. The van der Waals surface area contributed by atoms with Crippen LogP contribution in [0.1, 0.15) is 5.69 Å². The second-order valence-electron chi connectivity index (χ2n) is 2.51. The predicted octanol–water partition coefficient (Wildman–Crippen LogP) is 2.29. The summed E-state index contributed by atoms with van der Waals surface area (Å²) in [6.45, 7) is 0.442. The summed E-state index contributed by atoms with van der Waals surface area (Å²) in [6, 6.07) is 5.58. The first-order valence-corrected chi connectivity index (χ1v) is 4.01. The summed E-state index contributed by atoms with van der Waals surface area (Å²) in [6.07, 6.45) is 1.84. The number of hydrogen-bond donors (Lipinski definition) is 1. The van der Waals surface area contributed by atoms with Crippen molar-refractivity contribution in [2.75, 3.05) is 0 Å². The molecule has 0 unspecified atom stereocenters. The Bertz CT molecular complexity index is 413. The third-order valence-electron chi connectivity index (χ3n) is 1.70. The maximum Gasteiger partial charge on any atom is 0.138 e. The molecule has 0 fully saturated rings. The smallest absolute Gasteiger partial charge is 0.138 e. The highest BCUT2D eigenvalue weighted by Gasteiger charge is 2.00. The van der Waals surface area contributed by atoms with Crippen molar-refractivity contribution < 1.29 is 0 Å².